The molecule has 0 amide bonds. The molecule has 3 rings (SSSR count). The quantitative estimate of drug-likeness (QED) is 0.919. The van der Waals surface area contributed by atoms with E-state index in [0.717, 1.165) is 36.2 Å². The summed E-state index contributed by atoms with van der Waals surface area (Å²) in [6.07, 6.45) is 7.41. The molecule has 1 aromatic heterocycles. The van der Waals surface area contributed by atoms with Gasteiger partial charge in [-0.2, -0.15) is 0 Å². The Kier molecular flexibility index (Phi) is 4.20. The van der Waals surface area contributed by atoms with Gasteiger partial charge in [-0.1, -0.05) is 26.2 Å². The second-order valence-electron chi connectivity index (χ2n) is 6.05. The molecular weight excluding hydrogens is 250 g/mol. The Hall–Kier alpha value is -1.16. The zero-order valence-corrected chi connectivity index (χ0v) is 12.6. The van der Waals surface area contributed by atoms with Crippen LogP contribution in [0.2, 0.25) is 0 Å². The topological polar surface area (TPSA) is 47.0 Å². The number of ether oxygens (including phenoxy) is 1. The summed E-state index contributed by atoms with van der Waals surface area (Å²) in [7, 11) is 1.94. The van der Waals surface area contributed by atoms with E-state index in [0.29, 0.717) is 12.5 Å². The summed E-state index contributed by atoms with van der Waals surface area (Å²) in [5.74, 6) is 3.44. The number of rotatable bonds is 3. The first-order valence-corrected chi connectivity index (χ1v) is 7.97. The molecular formula is C16H25N3O. The van der Waals surface area contributed by atoms with Crippen molar-refractivity contribution < 1.29 is 4.74 Å². The van der Waals surface area contributed by atoms with Gasteiger partial charge in [-0.15, -0.1) is 0 Å². The third-order valence-corrected chi connectivity index (χ3v) is 4.80. The van der Waals surface area contributed by atoms with Crippen LogP contribution < -0.4 is 5.32 Å². The number of nitrogens with zero attached hydrogens (tertiary/aromatic N) is 2. The summed E-state index contributed by atoms with van der Waals surface area (Å²) < 4.78 is 5.54. The lowest BCUT2D eigenvalue weighted by molar-refractivity contribution is 0.109. The SMILES string of the molecule is CCC1CCCC(c2nc3c(c(NC)n2)COCC3)C1. The van der Waals surface area contributed by atoms with E-state index in [1.54, 1.807) is 0 Å². The molecule has 20 heavy (non-hydrogen) atoms. The van der Waals surface area contributed by atoms with E-state index in [4.69, 9.17) is 14.7 Å². The van der Waals surface area contributed by atoms with Crippen molar-refractivity contribution in [3.63, 3.8) is 0 Å². The second kappa shape index (κ2) is 6.08. The van der Waals surface area contributed by atoms with Crippen LogP contribution in [0.5, 0.6) is 0 Å². The molecule has 2 unspecified atom stereocenters. The van der Waals surface area contributed by atoms with Gasteiger partial charge in [-0.05, 0) is 18.8 Å². The van der Waals surface area contributed by atoms with Crippen molar-refractivity contribution in [3.05, 3.63) is 17.1 Å². The van der Waals surface area contributed by atoms with Gasteiger partial charge in [0.25, 0.3) is 0 Å². The Morgan fingerprint density at radius 1 is 1.30 bits per heavy atom. The Morgan fingerprint density at radius 2 is 2.20 bits per heavy atom. The molecule has 0 spiro atoms. The molecule has 1 aliphatic heterocycles. The average Bonchev–Trinajstić information content (AvgIpc) is 2.53. The van der Waals surface area contributed by atoms with Gasteiger partial charge in [0.15, 0.2) is 0 Å². The number of hydrogen-bond donors (Lipinski definition) is 1. The van der Waals surface area contributed by atoms with Gasteiger partial charge >= 0.3 is 0 Å². The van der Waals surface area contributed by atoms with Crippen molar-refractivity contribution in [3.8, 4) is 0 Å². The molecule has 4 heteroatoms. The van der Waals surface area contributed by atoms with Gasteiger partial charge in [0.2, 0.25) is 0 Å². The minimum Gasteiger partial charge on any atom is -0.376 e. The van der Waals surface area contributed by atoms with Crippen molar-refractivity contribution in [2.75, 3.05) is 19.0 Å². The van der Waals surface area contributed by atoms with Crippen LogP contribution in [0.1, 0.15) is 62.0 Å². The van der Waals surface area contributed by atoms with Crippen molar-refractivity contribution in [2.45, 2.75) is 58.0 Å². The van der Waals surface area contributed by atoms with Crippen molar-refractivity contribution >= 4 is 5.82 Å². The zero-order valence-electron chi connectivity index (χ0n) is 12.6. The molecule has 2 aliphatic rings. The van der Waals surface area contributed by atoms with E-state index >= 15 is 0 Å². The number of anilines is 1. The van der Waals surface area contributed by atoms with Gasteiger partial charge in [-0.25, -0.2) is 9.97 Å². The van der Waals surface area contributed by atoms with Crippen LogP contribution in [0.15, 0.2) is 0 Å². The lowest BCUT2D eigenvalue weighted by Gasteiger charge is -2.29. The molecule has 0 bridgehead atoms. The Bertz CT molecular complexity index is 458. The molecule has 1 aromatic rings. The van der Waals surface area contributed by atoms with Crippen molar-refractivity contribution in [2.24, 2.45) is 5.92 Å². The minimum atomic E-state index is 0.550. The summed E-state index contributed by atoms with van der Waals surface area (Å²) in [6.45, 7) is 3.74. The fourth-order valence-corrected chi connectivity index (χ4v) is 3.54. The first kappa shape index (κ1) is 13.8. The lowest BCUT2D eigenvalue weighted by Crippen LogP contribution is -2.21. The highest BCUT2D eigenvalue weighted by molar-refractivity contribution is 5.47. The highest BCUT2D eigenvalue weighted by atomic mass is 16.5. The fraction of sp³-hybridized carbons (Fsp3) is 0.750. The molecule has 110 valence electrons. The van der Waals surface area contributed by atoms with Crippen LogP contribution in [0.25, 0.3) is 0 Å². The van der Waals surface area contributed by atoms with E-state index in [1.807, 2.05) is 7.05 Å². The van der Waals surface area contributed by atoms with Crippen LogP contribution in [0.3, 0.4) is 0 Å². The van der Waals surface area contributed by atoms with Crippen LogP contribution in [-0.2, 0) is 17.8 Å². The Labute approximate surface area is 121 Å². The monoisotopic (exact) mass is 275 g/mol. The second-order valence-corrected chi connectivity index (χ2v) is 6.05. The molecule has 1 saturated carbocycles. The first-order chi connectivity index (χ1) is 9.81. The predicted molar refractivity (Wildman–Crippen MR) is 79.9 cm³/mol. The summed E-state index contributed by atoms with van der Waals surface area (Å²) >= 11 is 0. The third kappa shape index (κ3) is 2.66. The van der Waals surface area contributed by atoms with E-state index in [-0.39, 0.29) is 0 Å². The van der Waals surface area contributed by atoms with Crippen LogP contribution >= 0.6 is 0 Å². The normalized spacial score (nSPS) is 26.1. The minimum absolute atomic E-state index is 0.550. The third-order valence-electron chi connectivity index (χ3n) is 4.80. The van der Waals surface area contributed by atoms with Gasteiger partial charge in [-0.3, -0.25) is 0 Å². The van der Waals surface area contributed by atoms with Crippen molar-refractivity contribution in [1.29, 1.82) is 0 Å². The molecule has 1 fully saturated rings. The van der Waals surface area contributed by atoms with Gasteiger partial charge in [0.1, 0.15) is 11.6 Å². The summed E-state index contributed by atoms with van der Waals surface area (Å²) in [6, 6.07) is 0. The van der Waals surface area contributed by atoms with Crippen LogP contribution in [0.4, 0.5) is 5.82 Å². The maximum Gasteiger partial charge on any atom is 0.135 e. The maximum absolute atomic E-state index is 5.54. The Morgan fingerprint density at radius 3 is 3.00 bits per heavy atom. The molecule has 2 heterocycles. The van der Waals surface area contributed by atoms with Crippen LogP contribution in [-0.4, -0.2) is 23.6 Å². The smallest absolute Gasteiger partial charge is 0.135 e. The predicted octanol–water partition coefficient (Wildman–Crippen LogP) is 3.27. The number of fused-ring (bicyclic) bond motifs is 1. The number of hydrogen-bond acceptors (Lipinski definition) is 4. The maximum atomic E-state index is 5.54. The lowest BCUT2D eigenvalue weighted by atomic mass is 9.80. The molecule has 1 aliphatic carbocycles. The standard InChI is InChI=1S/C16H25N3O/c1-3-11-5-4-6-12(9-11)15-18-14-7-8-20-10-13(14)16(17-2)19-15/h11-12H,3-10H2,1-2H3,(H,17,18,19). The van der Waals surface area contributed by atoms with Gasteiger partial charge < -0.3 is 10.1 Å². The Balaban J connectivity index is 1.89. The van der Waals surface area contributed by atoms with E-state index in [1.165, 1.54) is 37.8 Å². The largest absolute Gasteiger partial charge is 0.376 e. The van der Waals surface area contributed by atoms with Gasteiger partial charge in [0.05, 0.1) is 18.9 Å². The summed E-state index contributed by atoms with van der Waals surface area (Å²) in [5, 5.41) is 3.23. The van der Waals surface area contributed by atoms with Crippen molar-refractivity contribution in [1.82, 2.24) is 9.97 Å². The number of aromatic nitrogens is 2. The summed E-state index contributed by atoms with van der Waals surface area (Å²) in [5.41, 5.74) is 2.36. The molecule has 2 atom stereocenters. The zero-order chi connectivity index (χ0) is 13.9. The average molecular weight is 275 g/mol. The van der Waals surface area contributed by atoms with E-state index in [9.17, 15) is 0 Å². The molecule has 0 radical (unpaired) electrons. The van der Waals surface area contributed by atoms with Gasteiger partial charge in [0, 0.05) is 24.9 Å². The van der Waals surface area contributed by atoms with E-state index < -0.39 is 0 Å². The summed E-state index contributed by atoms with van der Waals surface area (Å²) in [4.78, 5) is 9.68. The highest BCUT2D eigenvalue weighted by Gasteiger charge is 2.26. The van der Waals surface area contributed by atoms with Crippen LogP contribution in [0, 0.1) is 5.92 Å². The van der Waals surface area contributed by atoms with E-state index in [2.05, 4.69) is 12.2 Å². The molecule has 1 N–H and O–H groups in total. The highest BCUT2D eigenvalue weighted by Crippen LogP contribution is 2.37. The molecule has 0 aromatic carbocycles. The fourth-order valence-electron chi connectivity index (χ4n) is 3.54. The molecule has 4 nitrogen and oxygen atoms in total. The number of nitrogens with one attached hydrogen (secondary N) is 1. The first-order valence-electron chi connectivity index (χ1n) is 7.97. The molecule has 0 saturated heterocycles.